The second-order valence-electron chi connectivity index (χ2n) is 3.97. The van der Waals surface area contributed by atoms with Crippen molar-refractivity contribution >= 4 is 16.6 Å². The maximum Gasteiger partial charge on any atom is 0.192 e. The van der Waals surface area contributed by atoms with E-state index in [1.807, 2.05) is 13.0 Å². The lowest BCUT2D eigenvalue weighted by molar-refractivity contribution is 0.432. The molecule has 4 N–H and O–H groups in total. The number of rotatable bonds is 1. The number of aromatic hydroxyl groups is 1. The van der Waals surface area contributed by atoms with Crippen LogP contribution in [0, 0.1) is 6.92 Å². The first-order chi connectivity index (χ1) is 8.16. The molecule has 0 saturated carbocycles. The van der Waals surface area contributed by atoms with Crippen molar-refractivity contribution < 1.29 is 9.63 Å². The third kappa shape index (κ3) is 1.36. The van der Waals surface area contributed by atoms with Gasteiger partial charge >= 0.3 is 0 Å². The number of anilines is 1. The highest BCUT2D eigenvalue weighted by atomic mass is 16.5. The van der Waals surface area contributed by atoms with E-state index in [-0.39, 0.29) is 5.75 Å². The largest absolute Gasteiger partial charge is 0.508 e. The van der Waals surface area contributed by atoms with Gasteiger partial charge in [-0.25, -0.2) is 0 Å². The number of hydrogen-bond acceptors (Lipinski definition) is 4. The summed E-state index contributed by atoms with van der Waals surface area (Å²) in [5, 5.41) is 14.1. The molecular weight excluding hydrogens is 218 g/mol. The predicted molar refractivity (Wildman–Crippen MR) is 64.6 cm³/mol. The molecule has 3 aromatic rings. The van der Waals surface area contributed by atoms with Crippen molar-refractivity contribution in [2.24, 2.45) is 0 Å². The highest BCUT2D eigenvalue weighted by Gasteiger charge is 2.16. The van der Waals surface area contributed by atoms with Crippen LogP contribution in [0.5, 0.6) is 5.75 Å². The minimum absolute atomic E-state index is 0.218. The van der Waals surface area contributed by atoms with Crippen molar-refractivity contribution in [2.75, 3.05) is 5.73 Å². The fourth-order valence-electron chi connectivity index (χ4n) is 2.05. The van der Waals surface area contributed by atoms with Gasteiger partial charge in [0.15, 0.2) is 5.76 Å². The van der Waals surface area contributed by atoms with Gasteiger partial charge in [0, 0.05) is 17.1 Å². The SMILES string of the molecule is Cc1[nH]c2cc(O)ccc2c1-c1oncc1N. The number of phenolic OH excluding ortho intramolecular Hbond substituents is 1. The summed E-state index contributed by atoms with van der Waals surface area (Å²) < 4.78 is 5.17. The summed E-state index contributed by atoms with van der Waals surface area (Å²) >= 11 is 0. The van der Waals surface area contributed by atoms with Crippen LogP contribution in [0.4, 0.5) is 5.69 Å². The normalized spacial score (nSPS) is 11.1. The summed E-state index contributed by atoms with van der Waals surface area (Å²) in [4.78, 5) is 3.18. The molecule has 17 heavy (non-hydrogen) atoms. The van der Waals surface area contributed by atoms with Gasteiger partial charge in [-0.2, -0.15) is 0 Å². The number of fused-ring (bicyclic) bond motifs is 1. The summed E-state index contributed by atoms with van der Waals surface area (Å²) in [6.45, 7) is 1.92. The van der Waals surface area contributed by atoms with Crippen LogP contribution in [0.2, 0.25) is 0 Å². The van der Waals surface area contributed by atoms with Crippen molar-refractivity contribution in [3.8, 4) is 17.1 Å². The molecule has 0 aliphatic rings. The molecule has 0 spiro atoms. The zero-order valence-electron chi connectivity index (χ0n) is 9.19. The van der Waals surface area contributed by atoms with Crippen molar-refractivity contribution in [1.29, 1.82) is 0 Å². The molecule has 0 fully saturated rings. The number of nitrogens with two attached hydrogens (primary N) is 1. The van der Waals surface area contributed by atoms with Crippen molar-refractivity contribution in [2.45, 2.75) is 6.92 Å². The molecule has 0 aliphatic carbocycles. The Kier molecular flexibility index (Phi) is 1.89. The highest BCUT2D eigenvalue weighted by Crippen LogP contribution is 2.36. The van der Waals surface area contributed by atoms with Gasteiger partial charge in [0.2, 0.25) is 0 Å². The number of phenols is 1. The minimum atomic E-state index is 0.218. The Labute approximate surface area is 96.8 Å². The van der Waals surface area contributed by atoms with Gasteiger partial charge in [0.1, 0.15) is 11.4 Å². The van der Waals surface area contributed by atoms with Crippen molar-refractivity contribution in [3.05, 3.63) is 30.1 Å². The fourth-order valence-corrected chi connectivity index (χ4v) is 2.05. The molecule has 2 aromatic heterocycles. The Bertz CT molecular complexity index is 697. The van der Waals surface area contributed by atoms with Crippen LogP contribution in [-0.2, 0) is 0 Å². The van der Waals surface area contributed by atoms with E-state index in [1.165, 1.54) is 6.20 Å². The number of benzene rings is 1. The average Bonchev–Trinajstić information content (AvgIpc) is 2.80. The van der Waals surface area contributed by atoms with Crippen LogP contribution in [0.25, 0.3) is 22.2 Å². The van der Waals surface area contributed by atoms with Crippen LogP contribution in [-0.4, -0.2) is 15.2 Å². The Hall–Kier alpha value is -2.43. The summed E-state index contributed by atoms with van der Waals surface area (Å²) in [5.74, 6) is 0.773. The van der Waals surface area contributed by atoms with Gasteiger partial charge in [-0.3, -0.25) is 0 Å². The van der Waals surface area contributed by atoms with E-state index in [4.69, 9.17) is 10.3 Å². The number of H-pyrrole nitrogens is 1. The first-order valence-electron chi connectivity index (χ1n) is 5.18. The van der Waals surface area contributed by atoms with E-state index in [0.717, 1.165) is 22.2 Å². The number of aromatic amines is 1. The zero-order chi connectivity index (χ0) is 12.0. The van der Waals surface area contributed by atoms with Crippen LogP contribution >= 0.6 is 0 Å². The predicted octanol–water partition coefficient (Wildman–Crippen LogP) is 2.42. The summed E-state index contributed by atoms with van der Waals surface area (Å²) in [5.41, 5.74) is 8.95. The number of nitrogens with one attached hydrogen (secondary N) is 1. The molecule has 2 heterocycles. The van der Waals surface area contributed by atoms with E-state index in [0.29, 0.717) is 11.4 Å². The summed E-state index contributed by atoms with van der Waals surface area (Å²) in [6.07, 6.45) is 1.48. The van der Waals surface area contributed by atoms with Crippen LogP contribution < -0.4 is 5.73 Å². The number of nitrogen functional groups attached to an aromatic ring is 1. The van der Waals surface area contributed by atoms with Gasteiger partial charge in [-0.15, -0.1) is 0 Å². The number of nitrogens with zero attached hydrogens (tertiary/aromatic N) is 1. The van der Waals surface area contributed by atoms with Crippen molar-refractivity contribution in [3.63, 3.8) is 0 Å². The molecule has 0 saturated heterocycles. The van der Waals surface area contributed by atoms with E-state index in [1.54, 1.807) is 12.1 Å². The van der Waals surface area contributed by atoms with Gasteiger partial charge in [-0.1, -0.05) is 5.16 Å². The topological polar surface area (TPSA) is 88.1 Å². The van der Waals surface area contributed by atoms with E-state index in [9.17, 15) is 5.11 Å². The van der Waals surface area contributed by atoms with E-state index < -0.39 is 0 Å². The summed E-state index contributed by atoms with van der Waals surface area (Å²) in [6, 6.07) is 5.12. The Morgan fingerprint density at radius 1 is 1.41 bits per heavy atom. The lowest BCUT2D eigenvalue weighted by atomic mass is 10.1. The van der Waals surface area contributed by atoms with Crippen LogP contribution in [0.1, 0.15) is 5.69 Å². The second kappa shape index (κ2) is 3.28. The maximum atomic E-state index is 9.44. The average molecular weight is 229 g/mol. The summed E-state index contributed by atoms with van der Waals surface area (Å²) in [7, 11) is 0. The molecule has 0 amide bonds. The Morgan fingerprint density at radius 3 is 2.94 bits per heavy atom. The molecule has 1 aromatic carbocycles. The fraction of sp³-hybridized carbons (Fsp3) is 0.0833. The quantitative estimate of drug-likeness (QED) is 0.598. The third-order valence-corrected chi connectivity index (χ3v) is 2.79. The Morgan fingerprint density at radius 2 is 2.24 bits per heavy atom. The van der Waals surface area contributed by atoms with E-state index in [2.05, 4.69) is 10.1 Å². The number of aromatic nitrogens is 2. The third-order valence-electron chi connectivity index (χ3n) is 2.79. The number of hydrogen-bond donors (Lipinski definition) is 3. The molecule has 0 atom stereocenters. The van der Waals surface area contributed by atoms with Gasteiger partial charge in [-0.05, 0) is 19.1 Å². The maximum absolute atomic E-state index is 9.44. The molecule has 0 unspecified atom stereocenters. The zero-order valence-corrected chi connectivity index (χ0v) is 9.19. The van der Waals surface area contributed by atoms with Gasteiger partial charge in [0.05, 0.1) is 17.3 Å². The van der Waals surface area contributed by atoms with Crippen LogP contribution in [0.15, 0.2) is 28.9 Å². The molecule has 0 radical (unpaired) electrons. The minimum Gasteiger partial charge on any atom is -0.508 e. The molecular formula is C12H11N3O2. The molecule has 0 aliphatic heterocycles. The molecule has 86 valence electrons. The van der Waals surface area contributed by atoms with E-state index >= 15 is 0 Å². The molecule has 5 heteroatoms. The standard InChI is InChI=1S/C12H11N3O2/c1-6-11(12-9(13)5-14-17-12)8-3-2-7(16)4-10(8)15-6/h2-5,15-16H,13H2,1H3. The first kappa shape index (κ1) is 9.77. The van der Waals surface area contributed by atoms with Crippen molar-refractivity contribution in [1.82, 2.24) is 10.1 Å². The number of aryl methyl sites for hydroxylation is 1. The van der Waals surface area contributed by atoms with Gasteiger partial charge in [0.25, 0.3) is 0 Å². The smallest absolute Gasteiger partial charge is 0.192 e. The lowest BCUT2D eigenvalue weighted by Crippen LogP contribution is -1.85. The first-order valence-corrected chi connectivity index (χ1v) is 5.18. The van der Waals surface area contributed by atoms with Gasteiger partial charge < -0.3 is 20.3 Å². The molecule has 3 rings (SSSR count). The lowest BCUT2D eigenvalue weighted by Gasteiger charge is -1.97. The highest BCUT2D eigenvalue weighted by molar-refractivity contribution is 5.98. The Balaban J connectivity index is 2.37. The molecule has 5 nitrogen and oxygen atoms in total. The second-order valence-corrected chi connectivity index (χ2v) is 3.97. The van der Waals surface area contributed by atoms with Crippen LogP contribution in [0.3, 0.4) is 0 Å². The molecule has 0 bridgehead atoms. The monoisotopic (exact) mass is 229 g/mol.